The van der Waals surface area contributed by atoms with Crippen LogP contribution in [-0.4, -0.2) is 46.5 Å². The molecule has 2 bridgehead atoms. The number of aryl methyl sites for hydroxylation is 1. The first kappa shape index (κ1) is 19.9. The monoisotopic (exact) mass is 417 g/mol. The van der Waals surface area contributed by atoms with Gasteiger partial charge in [-0.05, 0) is 43.0 Å². The quantitative estimate of drug-likeness (QED) is 0.756. The van der Waals surface area contributed by atoms with E-state index < -0.39 is 17.4 Å². The second-order valence-electron chi connectivity index (χ2n) is 8.78. The number of aromatic nitrogens is 1. The third kappa shape index (κ3) is 3.08. The molecule has 0 aliphatic carbocycles. The van der Waals surface area contributed by atoms with Crippen LogP contribution in [-0.2, 0) is 14.3 Å². The standard InChI is InChI=1S/C25H27N3O3/c1-4-12-28-14-25-11-10-19(31-25)21(22(25)24(28)30)23(29)27-20-13-18(15(2)16(3)26-20)17-8-6-5-7-9-17/h5-11,13,19,21-22H,4,12,14H2,1-3H3,(H,26,27,29)/t19-,21-,22+,25-/m0/s1. The van der Waals surface area contributed by atoms with Gasteiger partial charge in [0.2, 0.25) is 11.8 Å². The molecule has 0 saturated carbocycles. The van der Waals surface area contributed by atoms with E-state index in [4.69, 9.17) is 4.74 Å². The van der Waals surface area contributed by atoms with E-state index in [0.717, 1.165) is 28.8 Å². The Kier molecular flexibility index (Phi) is 4.70. The predicted molar refractivity (Wildman–Crippen MR) is 118 cm³/mol. The molecule has 2 fully saturated rings. The largest absolute Gasteiger partial charge is 0.360 e. The lowest BCUT2D eigenvalue weighted by atomic mass is 9.77. The molecule has 160 valence electrons. The Balaban J connectivity index is 1.43. The Labute approximate surface area is 182 Å². The zero-order valence-electron chi connectivity index (χ0n) is 18.1. The molecule has 0 radical (unpaired) electrons. The van der Waals surface area contributed by atoms with E-state index in [1.165, 1.54) is 0 Å². The van der Waals surface area contributed by atoms with Crippen molar-refractivity contribution in [2.75, 3.05) is 18.4 Å². The number of pyridine rings is 1. The Morgan fingerprint density at radius 1 is 1.29 bits per heavy atom. The highest BCUT2D eigenvalue weighted by molar-refractivity contribution is 5.99. The van der Waals surface area contributed by atoms with Gasteiger partial charge >= 0.3 is 0 Å². The molecule has 0 unspecified atom stereocenters. The number of anilines is 1. The van der Waals surface area contributed by atoms with E-state index in [2.05, 4.69) is 10.3 Å². The molecule has 4 atom stereocenters. The van der Waals surface area contributed by atoms with Crippen LogP contribution in [0, 0.1) is 25.7 Å². The van der Waals surface area contributed by atoms with Gasteiger partial charge in [-0.1, -0.05) is 49.4 Å². The lowest BCUT2D eigenvalue weighted by Gasteiger charge is -2.23. The molecule has 1 N–H and O–H groups in total. The van der Waals surface area contributed by atoms with Crippen molar-refractivity contribution in [3.63, 3.8) is 0 Å². The number of hydrogen-bond donors (Lipinski definition) is 1. The van der Waals surface area contributed by atoms with E-state index in [0.29, 0.717) is 18.9 Å². The summed E-state index contributed by atoms with van der Waals surface area (Å²) in [6.07, 6.45) is 4.44. The average Bonchev–Trinajstić information content (AvgIpc) is 3.40. The fraction of sp³-hybridized carbons (Fsp3) is 0.400. The van der Waals surface area contributed by atoms with E-state index >= 15 is 0 Å². The van der Waals surface area contributed by atoms with Gasteiger partial charge in [0, 0.05) is 12.2 Å². The molecule has 5 rings (SSSR count). The van der Waals surface area contributed by atoms with Gasteiger partial charge in [-0.3, -0.25) is 9.59 Å². The lowest BCUT2D eigenvalue weighted by Crippen LogP contribution is -2.41. The van der Waals surface area contributed by atoms with Crippen LogP contribution in [0.3, 0.4) is 0 Å². The van der Waals surface area contributed by atoms with E-state index in [-0.39, 0.29) is 17.9 Å². The van der Waals surface area contributed by atoms with Gasteiger partial charge in [0.25, 0.3) is 0 Å². The smallest absolute Gasteiger partial charge is 0.232 e. The summed E-state index contributed by atoms with van der Waals surface area (Å²) in [4.78, 5) is 32.9. The second kappa shape index (κ2) is 7.31. The van der Waals surface area contributed by atoms with Gasteiger partial charge < -0.3 is 15.0 Å². The van der Waals surface area contributed by atoms with Gasteiger partial charge in [0.1, 0.15) is 11.4 Å². The summed E-state index contributed by atoms with van der Waals surface area (Å²) >= 11 is 0. The molecule has 1 aromatic carbocycles. The topological polar surface area (TPSA) is 71.5 Å². The number of hydrogen-bond acceptors (Lipinski definition) is 4. The molecule has 2 saturated heterocycles. The molecule has 31 heavy (non-hydrogen) atoms. The first-order valence-corrected chi connectivity index (χ1v) is 10.9. The molecule has 4 heterocycles. The number of fused-ring (bicyclic) bond motifs is 1. The van der Waals surface area contributed by atoms with Crippen molar-refractivity contribution < 1.29 is 14.3 Å². The van der Waals surface area contributed by atoms with Crippen LogP contribution in [0.1, 0.15) is 24.6 Å². The maximum atomic E-state index is 13.4. The number of nitrogens with one attached hydrogen (secondary N) is 1. The molecule has 3 aliphatic heterocycles. The predicted octanol–water partition coefficient (Wildman–Crippen LogP) is 3.50. The normalized spacial score (nSPS) is 28.3. The summed E-state index contributed by atoms with van der Waals surface area (Å²) in [5.74, 6) is -0.685. The first-order valence-electron chi connectivity index (χ1n) is 10.9. The first-order chi connectivity index (χ1) is 14.9. The molecular formula is C25H27N3O3. The highest BCUT2D eigenvalue weighted by atomic mass is 16.5. The minimum atomic E-state index is -0.662. The third-order valence-electron chi connectivity index (χ3n) is 6.83. The van der Waals surface area contributed by atoms with Gasteiger partial charge in [-0.15, -0.1) is 0 Å². The minimum Gasteiger partial charge on any atom is -0.360 e. The summed E-state index contributed by atoms with van der Waals surface area (Å²) in [6, 6.07) is 12.0. The minimum absolute atomic E-state index is 0.0203. The zero-order chi connectivity index (χ0) is 21.8. The fourth-order valence-corrected chi connectivity index (χ4v) is 5.26. The number of amides is 2. The van der Waals surface area contributed by atoms with Crippen LogP contribution in [0.5, 0.6) is 0 Å². The summed E-state index contributed by atoms with van der Waals surface area (Å²) in [7, 11) is 0. The van der Waals surface area contributed by atoms with E-state index in [1.54, 1.807) is 0 Å². The molecule has 6 nitrogen and oxygen atoms in total. The van der Waals surface area contributed by atoms with Crippen molar-refractivity contribution in [3.05, 3.63) is 59.8 Å². The van der Waals surface area contributed by atoms with Crippen molar-refractivity contribution in [1.82, 2.24) is 9.88 Å². The number of carbonyl (C=O) groups excluding carboxylic acids is 2. The summed E-state index contributed by atoms with van der Waals surface area (Å²) in [6.45, 7) is 7.24. The summed E-state index contributed by atoms with van der Waals surface area (Å²) in [5, 5.41) is 2.99. The van der Waals surface area contributed by atoms with Crippen molar-refractivity contribution in [3.8, 4) is 11.1 Å². The second-order valence-corrected chi connectivity index (χ2v) is 8.78. The van der Waals surface area contributed by atoms with E-state index in [9.17, 15) is 9.59 Å². The molecule has 3 aliphatic rings. The van der Waals surface area contributed by atoms with Gasteiger partial charge in [0.15, 0.2) is 0 Å². The number of carbonyl (C=O) groups is 2. The summed E-state index contributed by atoms with van der Waals surface area (Å²) in [5.41, 5.74) is 3.39. The van der Waals surface area contributed by atoms with Crippen LogP contribution in [0.4, 0.5) is 5.82 Å². The fourth-order valence-electron chi connectivity index (χ4n) is 5.26. The van der Waals surface area contributed by atoms with Crippen LogP contribution in [0.15, 0.2) is 48.6 Å². The van der Waals surface area contributed by atoms with E-state index in [1.807, 2.05) is 74.2 Å². The highest BCUT2D eigenvalue weighted by Gasteiger charge is 2.66. The Morgan fingerprint density at radius 3 is 2.81 bits per heavy atom. The summed E-state index contributed by atoms with van der Waals surface area (Å²) < 4.78 is 6.18. The third-order valence-corrected chi connectivity index (χ3v) is 6.83. The van der Waals surface area contributed by atoms with Gasteiger partial charge in [-0.25, -0.2) is 4.98 Å². The van der Waals surface area contributed by atoms with Crippen molar-refractivity contribution in [1.29, 1.82) is 0 Å². The molecule has 2 amide bonds. The molecule has 6 heteroatoms. The van der Waals surface area contributed by atoms with Crippen LogP contribution >= 0.6 is 0 Å². The SMILES string of the molecule is CCCN1C[C@]23C=C[C@H](O2)[C@H](C(=O)Nc2cc(-c4ccccc4)c(C)c(C)n2)[C@@H]3C1=O. The zero-order valence-corrected chi connectivity index (χ0v) is 18.1. The number of nitrogens with zero attached hydrogens (tertiary/aromatic N) is 2. The molecular weight excluding hydrogens is 390 g/mol. The Hall–Kier alpha value is -2.99. The maximum absolute atomic E-state index is 13.4. The number of rotatable bonds is 5. The van der Waals surface area contributed by atoms with Crippen molar-refractivity contribution >= 4 is 17.6 Å². The Bertz CT molecular complexity index is 1080. The van der Waals surface area contributed by atoms with Gasteiger partial charge in [-0.2, -0.15) is 0 Å². The number of ether oxygens (including phenoxy) is 1. The molecule has 1 spiro atoms. The van der Waals surface area contributed by atoms with Crippen molar-refractivity contribution in [2.45, 2.75) is 38.9 Å². The molecule has 2 aromatic rings. The number of benzene rings is 1. The Morgan fingerprint density at radius 2 is 2.06 bits per heavy atom. The number of likely N-dealkylation sites (tertiary alicyclic amines) is 1. The molecule has 1 aromatic heterocycles. The lowest BCUT2D eigenvalue weighted by molar-refractivity contribution is -0.135. The van der Waals surface area contributed by atoms with Crippen LogP contribution in [0.25, 0.3) is 11.1 Å². The van der Waals surface area contributed by atoms with Crippen LogP contribution in [0.2, 0.25) is 0 Å². The average molecular weight is 418 g/mol. The maximum Gasteiger partial charge on any atom is 0.232 e. The highest BCUT2D eigenvalue weighted by Crippen LogP contribution is 2.52. The van der Waals surface area contributed by atoms with Gasteiger partial charge in [0.05, 0.1) is 24.5 Å². The van der Waals surface area contributed by atoms with Crippen LogP contribution < -0.4 is 5.32 Å². The van der Waals surface area contributed by atoms with Crippen molar-refractivity contribution in [2.24, 2.45) is 11.8 Å².